The van der Waals surface area contributed by atoms with Crippen LogP contribution >= 0.6 is 15.9 Å². The van der Waals surface area contributed by atoms with Gasteiger partial charge < -0.3 is 4.74 Å². The molecule has 0 bridgehead atoms. The molecule has 0 saturated heterocycles. The Morgan fingerprint density at radius 2 is 1.54 bits per heavy atom. The molecule has 0 aliphatic carbocycles. The molecule has 2 amide bonds. The number of hydrogen-bond donors (Lipinski definition) is 2. The average Bonchev–Trinajstić information content (AvgIpc) is 2.54. The van der Waals surface area contributed by atoms with Gasteiger partial charge in [0, 0.05) is 4.47 Å². The number of carbonyl (C=O) groups excluding carboxylic acids is 2. The van der Waals surface area contributed by atoms with Crippen molar-refractivity contribution in [3.05, 3.63) is 63.6 Å². The van der Waals surface area contributed by atoms with E-state index in [2.05, 4.69) is 26.8 Å². The normalized spacial score (nSPS) is 10.1. The van der Waals surface area contributed by atoms with E-state index in [-0.39, 0.29) is 18.9 Å². The number of para-hydroxylation sites is 1. The number of hydrogen-bond acceptors (Lipinski definition) is 3. The maximum atomic E-state index is 11.8. The first-order chi connectivity index (χ1) is 11.5. The third kappa shape index (κ3) is 5.38. The minimum absolute atomic E-state index is 0.162. The van der Waals surface area contributed by atoms with E-state index in [9.17, 15) is 9.59 Å². The summed E-state index contributed by atoms with van der Waals surface area (Å²) >= 11 is 3.34. The van der Waals surface area contributed by atoms with Crippen molar-refractivity contribution in [2.45, 2.75) is 20.3 Å². The first-order valence-electron chi connectivity index (χ1n) is 7.47. The molecule has 2 N–H and O–H groups in total. The van der Waals surface area contributed by atoms with E-state index in [0.29, 0.717) is 5.75 Å². The molecular formula is C18H19BrN2O3. The molecule has 0 spiro atoms. The molecule has 2 aromatic carbocycles. The highest BCUT2D eigenvalue weighted by Gasteiger charge is 2.09. The second-order valence-corrected chi connectivity index (χ2v) is 6.32. The predicted molar refractivity (Wildman–Crippen MR) is 95.5 cm³/mol. The van der Waals surface area contributed by atoms with Crippen LogP contribution in [0.4, 0.5) is 0 Å². The summed E-state index contributed by atoms with van der Waals surface area (Å²) < 4.78 is 6.47. The van der Waals surface area contributed by atoms with Gasteiger partial charge in [-0.3, -0.25) is 20.4 Å². The summed E-state index contributed by atoms with van der Waals surface area (Å²) in [5, 5.41) is 0. The highest BCUT2D eigenvalue weighted by atomic mass is 79.9. The van der Waals surface area contributed by atoms with Gasteiger partial charge in [0.2, 0.25) is 5.91 Å². The average molecular weight is 391 g/mol. The van der Waals surface area contributed by atoms with Crippen LogP contribution in [-0.2, 0) is 16.0 Å². The molecule has 0 radical (unpaired) electrons. The van der Waals surface area contributed by atoms with Crippen LogP contribution in [-0.4, -0.2) is 18.4 Å². The lowest BCUT2D eigenvalue weighted by Gasteiger charge is -2.12. The second kappa shape index (κ2) is 8.49. The Morgan fingerprint density at radius 3 is 2.17 bits per heavy atom. The Hall–Kier alpha value is -2.34. The minimum Gasteiger partial charge on any atom is -0.483 e. The molecule has 0 fully saturated rings. The molecule has 2 rings (SSSR count). The van der Waals surface area contributed by atoms with Gasteiger partial charge in [-0.1, -0.05) is 46.3 Å². The lowest BCUT2D eigenvalue weighted by molar-refractivity contribution is -0.129. The topological polar surface area (TPSA) is 67.4 Å². The molecule has 0 aliphatic rings. The molecule has 6 heteroatoms. The lowest BCUT2D eigenvalue weighted by atomic mass is 10.1. The smallest absolute Gasteiger partial charge is 0.276 e. The Kier molecular flexibility index (Phi) is 6.37. The van der Waals surface area contributed by atoms with Gasteiger partial charge in [0.25, 0.3) is 5.91 Å². The fourth-order valence-corrected chi connectivity index (χ4v) is 2.44. The van der Waals surface area contributed by atoms with Gasteiger partial charge >= 0.3 is 0 Å². The minimum atomic E-state index is -0.415. The monoisotopic (exact) mass is 390 g/mol. The van der Waals surface area contributed by atoms with Crippen LogP contribution in [0.3, 0.4) is 0 Å². The van der Waals surface area contributed by atoms with E-state index in [0.717, 1.165) is 21.2 Å². The standard InChI is InChI=1S/C18H19BrN2O3/c1-12-4-3-5-13(2)18(12)24-11-17(23)21-20-16(22)10-14-6-8-15(19)9-7-14/h3-9H,10-11H2,1-2H3,(H,20,22)(H,21,23). The number of rotatable bonds is 5. The van der Waals surface area contributed by atoms with E-state index in [1.54, 1.807) is 0 Å². The summed E-state index contributed by atoms with van der Waals surface area (Å²) in [6.45, 7) is 3.67. The van der Waals surface area contributed by atoms with Crippen molar-refractivity contribution in [2.75, 3.05) is 6.61 Å². The number of aryl methyl sites for hydroxylation is 2. The van der Waals surface area contributed by atoms with Crippen molar-refractivity contribution in [3.63, 3.8) is 0 Å². The molecule has 0 saturated carbocycles. The van der Waals surface area contributed by atoms with Crippen LogP contribution in [0.1, 0.15) is 16.7 Å². The third-order valence-electron chi connectivity index (χ3n) is 3.38. The molecule has 0 aliphatic heterocycles. The van der Waals surface area contributed by atoms with E-state index in [4.69, 9.17) is 4.74 Å². The second-order valence-electron chi connectivity index (χ2n) is 5.41. The van der Waals surface area contributed by atoms with Gasteiger partial charge in [0.1, 0.15) is 5.75 Å². The molecule has 5 nitrogen and oxygen atoms in total. The zero-order chi connectivity index (χ0) is 17.5. The van der Waals surface area contributed by atoms with Gasteiger partial charge in [-0.05, 0) is 42.7 Å². The van der Waals surface area contributed by atoms with Gasteiger partial charge in [0.15, 0.2) is 6.61 Å². The van der Waals surface area contributed by atoms with Gasteiger partial charge in [-0.15, -0.1) is 0 Å². The van der Waals surface area contributed by atoms with Crippen molar-refractivity contribution >= 4 is 27.7 Å². The van der Waals surface area contributed by atoms with Crippen molar-refractivity contribution in [2.24, 2.45) is 0 Å². The summed E-state index contributed by atoms with van der Waals surface area (Å²) in [5.41, 5.74) is 7.51. The highest BCUT2D eigenvalue weighted by molar-refractivity contribution is 9.10. The number of amides is 2. The fraction of sp³-hybridized carbons (Fsp3) is 0.222. The van der Waals surface area contributed by atoms with E-state index in [1.165, 1.54) is 0 Å². The molecule has 2 aromatic rings. The predicted octanol–water partition coefficient (Wildman–Crippen LogP) is 2.83. The Bertz CT molecular complexity index is 709. The summed E-state index contributed by atoms with van der Waals surface area (Å²) in [5.74, 6) is -0.0200. The number of benzene rings is 2. The van der Waals surface area contributed by atoms with Crippen molar-refractivity contribution in [1.82, 2.24) is 10.9 Å². The molecule has 0 aromatic heterocycles. The zero-order valence-corrected chi connectivity index (χ0v) is 15.1. The quantitative estimate of drug-likeness (QED) is 0.771. The SMILES string of the molecule is Cc1cccc(C)c1OCC(=O)NNC(=O)Cc1ccc(Br)cc1. The van der Waals surface area contributed by atoms with Crippen LogP contribution in [0, 0.1) is 13.8 Å². The van der Waals surface area contributed by atoms with Crippen molar-refractivity contribution in [1.29, 1.82) is 0 Å². The number of halogens is 1. The molecule has 24 heavy (non-hydrogen) atoms. The van der Waals surface area contributed by atoms with E-state index in [1.807, 2.05) is 56.3 Å². The summed E-state index contributed by atoms with van der Waals surface area (Å²) in [4.78, 5) is 23.6. The maximum Gasteiger partial charge on any atom is 0.276 e. The summed E-state index contributed by atoms with van der Waals surface area (Å²) in [6, 6.07) is 13.2. The molecule has 0 unspecified atom stereocenters. The van der Waals surface area contributed by atoms with Crippen LogP contribution in [0.25, 0.3) is 0 Å². The van der Waals surface area contributed by atoms with Gasteiger partial charge in [-0.2, -0.15) is 0 Å². The van der Waals surface area contributed by atoms with E-state index >= 15 is 0 Å². The van der Waals surface area contributed by atoms with Crippen molar-refractivity contribution < 1.29 is 14.3 Å². The zero-order valence-electron chi connectivity index (χ0n) is 13.6. The van der Waals surface area contributed by atoms with Gasteiger partial charge in [-0.25, -0.2) is 0 Å². The number of hydrazine groups is 1. The maximum absolute atomic E-state index is 11.8. The molecular weight excluding hydrogens is 372 g/mol. The van der Waals surface area contributed by atoms with Crippen LogP contribution in [0.15, 0.2) is 46.9 Å². The Balaban J connectivity index is 1.76. The van der Waals surface area contributed by atoms with E-state index < -0.39 is 5.91 Å². The largest absolute Gasteiger partial charge is 0.483 e. The third-order valence-corrected chi connectivity index (χ3v) is 3.90. The Labute approximate surface area is 149 Å². The summed E-state index contributed by atoms with van der Waals surface area (Å²) in [7, 11) is 0. The lowest BCUT2D eigenvalue weighted by Crippen LogP contribution is -2.44. The van der Waals surface area contributed by atoms with Crippen LogP contribution in [0.2, 0.25) is 0 Å². The number of ether oxygens (including phenoxy) is 1. The highest BCUT2D eigenvalue weighted by Crippen LogP contribution is 2.21. The fourth-order valence-electron chi connectivity index (χ4n) is 2.17. The van der Waals surface area contributed by atoms with Gasteiger partial charge in [0.05, 0.1) is 6.42 Å². The molecule has 0 atom stereocenters. The number of nitrogens with one attached hydrogen (secondary N) is 2. The molecule has 126 valence electrons. The summed E-state index contributed by atoms with van der Waals surface area (Å²) in [6.07, 6.45) is 0.186. The Morgan fingerprint density at radius 1 is 0.958 bits per heavy atom. The molecule has 0 heterocycles. The van der Waals surface area contributed by atoms with Crippen LogP contribution < -0.4 is 15.6 Å². The van der Waals surface area contributed by atoms with Crippen LogP contribution in [0.5, 0.6) is 5.75 Å². The first kappa shape index (κ1) is 18.0. The first-order valence-corrected chi connectivity index (χ1v) is 8.26. The number of carbonyl (C=O) groups is 2. The van der Waals surface area contributed by atoms with Crippen molar-refractivity contribution in [3.8, 4) is 5.75 Å².